The summed E-state index contributed by atoms with van der Waals surface area (Å²) in [6.45, 7) is 11.8. The average Bonchev–Trinajstić information content (AvgIpc) is 2.38. The SMILES string of the molecule is COc1cccc(C(C)(C)CNCCNC(C)C)c1. The molecule has 0 radical (unpaired) electrons. The lowest BCUT2D eigenvalue weighted by atomic mass is 9.84. The first-order valence-electron chi connectivity index (χ1n) is 7.04. The molecule has 0 aromatic heterocycles. The highest BCUT2D eigenvalue weighted by atomic mass is 16.5. The number of hydrogen-bond acceptors (Lipinski definition) is 3. The molecule has 1 aromatic carbocycles. The first kappa shape index (κ1) is 16.0. The van der Waals surface area contributed by atoms with Crippen LogP contribution in [-0.2, 0) is 5.41 Å². The zero-order chi connectivity index (χ0) is 14.3. The molecular formula is C16H28N2O. The van der Waals surface area contributed by atoms with Crippen LogP contribution in [0.15, 0.2) is 24.3 Å². The lowest BCUT2D eigenvalue weighted by Crippen LogP contribution is -2.38. The maximum atomic E-state index is 5.29. The summed E-state index contributed by atoms with van der Waals surface area (Å²) in [7, 11) is 1.71. The van der Waals surface area contributed by atoms with E-state index >= 15 is 0 Å². The Morgan fingerprint density at radius 3 is 2.58 bits per heavy atom. The molecule has 0 spiro atoms. The third-order valence-electron chi connectivity index (χ3n) is 3.27. The summed E-state index contributed by atoms with van der Waals surface area (Å²) < 4.78 is 5.29. The second kappa shape index (κ2) is 7.51. The quantitative estimate of drug-likeness (QED) is 0.708. The Kier molecular flexibility index (Phi) is 6.32. The van der Waals surface area contributed by atoms with Crippen molar-refractivity contribution in [2.45, 2.75) is 39.2 Å². The summed E-state index contributed by atoms with van der Waals surface area (Å²) in [5.41, 5.74) is 1.41. The van der Waals surface area contributed by atoms with E-state index in [4.69, 9.17) is 4.74 Å². The van der Waals surface area contributed by atoms with Crippen molar-refractivity contribution >= 4 is 0 Å². The molecule has 3 nitrogen and oxygen atoms in total. The van der Waals surface area contributed by atoms with Gasteiger partial charge < -0.3 is 15.4 Å². The molecule has 0 atom stereocenters. The third kappa shape index (κ3) is 5.62. The maximum absolute atomic E-state index is 5.29. The van der Waals surface area contributed by atoms with Crippen LogP contribution in [-0.4, -0.2) is 32.8 Å². The van der Waals surface area contributed by atoms with Gasteiger partial charge in [0.25, 0.3) is 0 Å². The van der Waals surface area contributed by atoms with Crippen LogP contribution in [0.3, 0.4) is 0 Å². The van der Waals surface area contributed by atoms with Crippen molar-refractivity contribution in [2.75, 3.05) is 26.7 Å². The minimum absolute atomic E-state index is 0.104. The fourth-order valence-corrected chi connectivity index (χ4v) is 2.00. The molecule has 0 aliphatic rings. The van der Waals surface area contributed by atoms with Crippen molar-refractivity contribution in [2.24, 2.45) is 0 Å². The minimum atomic E-state index is 0.104. The van der Waals surface area contributed by atoms with Crippen molar-refractivity contribution in [3.05, 3.63) is 29.8 Å². The van der Waals surface area contributed by atoms with Gasteiger partial charge in [-0.1, -0.05) is 39.8 Å². The van der Waals surface area contributed by atoms with E-state index < -0.39 is 0 Å². The van der Waals surface area contributed by atoms with Gasteiger partial charge in [0.2, 0.25) is 0 Å². The first-order chi connectivity index (χ1) is 8.95. The van der Waals surface area contributed by atoms with E-state index in [9.17, 15) is 0 Å². The van der Waals surface area contributed by atoms with Gasteiger partial charge in [0.15, 0.2) is 0 Å². The summed E-state index contributed by atoms with van der Waals surface area (Å²) >= 11 is 0. The summed E-state index contributed by atoms with van der Waals surface area (Å²) in [6.07, 6.45) is 0. The van der Waals surface area contributed by atoms with Gasteiger partial charge in [-0.05, 0) is 17.7 Å². The molecule has 0 saturated heterocycles. The van der Waals surface area contributed by atoms with Crippen LogP contribution < -0.4 is 15.4 Å². The summed E-state index contributed by atoms with van der Waals surface area (Å²) in [4.78, 5) is 0. The number of hydrogen-bond donors (Lipinski definition) is 2. The number of ether oxygens (including phenoxy) is 1. The highest BCUT2D eigenvalue weighted by Gasteiger charge is 2.20. The topological polar surface area (TPSA) is 33.3 Å². The van der Waals surface area contributed by atoms with Crippen LogP contribution in [0, 0.1) is 0 Å². The Hall–Kier alpha value is -1.06. The number of nitrogens with one attached hydrogen (secondary N) is 2. The second-order valence-electron chi connectivity index (χ2n) is 5.90. The van der Waals surface area contributed by atoms with Crippen LogP contribution in [0.2, 0.25) is 0 Å². The molecule has 1 aromatic rings. The van der Waals surface area contributed by atoms with Gasteiger partial charge in [-0.25, -0.2) is 0 Å². The van der Waals surface area contributed by atoms with Crippen molar-refractivity contribution in [1.82, 2.24) is 10.6 Å². The lowest BCUT2D eigenvalue weighted by molar-refractivity contribution is 0.410. The van der Waals surface area contributed by atoms with Gasteiger partial charge in [-0.3, -0.25) is 0 Å². The minimum Gasteiger partial charge on any atom is -0.497 e. The predicted octanol–water partition coefficient (Wildman–Crippen LogP) is 2.56. The van der Waals surface area contributed by atoms with Crippen LogP contribution in [0.4, 0.5) is 0 Å². The van der Waals surface area contributed by atoms with Crippen LogP contribution in [0.1, 0.15) is 33.3 Å². The summed E-state index contributed by atoms with van der Waals surface area (Å²) in [5, 5.41) is 6.92. The Labute approximate surface area is 117 Å². The highest BCUT2D eigenvalue weighted by molar-refractivity contribution is 5.33. The van der Waals surface area contributed by atoms with Gasteiger partial charge in [0.1, 0.15) is 5.75 Å². The smallest absolute Gasteiger partial charge is 0.119 e. The van der Waals surface area contributed by atoms with E-state index in [0.717, 1.165) is 25.4 Å². The van der Waals surface area contributed by atoms with Crippen molar-refractivity contribution < 1.29 is 4.74 Å². The molecule has 0 unspecified atom stereocenters. The van der Waals surface area contributed by atoms with Crippen molar-refractivity contribution in [3.63, 3.8) is 0 Å². The molecular weight excluding hydrogens is 236 g/mol. The molecule has 19 heavy (non-hydrogen) atoms. The van der Waals surface area contributed by atoms with E-state index in [1.165, 1.54) is 5.56 Å². The Morgan fingerprint density at radius 1 is 1.21 bits per heavy atom. The number of rotatable bonds is 8. The van der Waals surface area contributed by atoms with Gasteiger partial charge in [0.05, 0.1) is 7.11 Å². The monoisotopic (exact) mass is 264 g/mol. The second-order valence-corrected chi connectivity index (χ2v) is 5.90. The third-order valence-corrected chi connectivity index (χ3v) is 3.27. The number of benzene rings is 1. The first-order valence-corrected chi connectivity index (χ1v) is 7.04. The van der Waals surface area contributed by atoms with Crippen LogP contribution in [0.5, 0.6) is 5.75 Å². The predicted molar refractivity (Wildman–Crippen MR) is 82.0 cm³/mol. The summed E-state index contributed by atoms with van der Waals surface area (Å²) in [6, 6.07) is 8.87. The Balaban J connectivity index is 2.46. The molecule has 3 heteroatoms. The van der Waals surface area contributed by atoms with Gasteiger partial charge >= 0.3 is 0 Å². The molecule has 0 saturated carbocycles. The standard InChI is InChI=1S/C16H28N2O/c1-13(2)18-10-9-17-12-16(3,4)14-7-6-8-15(11-14)19-5/h6-8,11,13,17-18H,9-10,12H2,1-5H3. The highest BCUT2D eigenvalue weighted by Crippen LogP contribution is 2.25. The molecule has 0 aliphatic carbocycles. The van der Waals surface area contributed by atoms with Crippen LogP contribution in [0.25, 0.3) is 0 Å². The van der Waals surface area contributed by atoms with Gasteiger partial charge in [0, 0.05) is 31.1 Å². The summed E-state index contributed by atoms with van der Waals surface area (Å²) in [5.74, 6) is 0.923. The molecule has 2 N–H and O–H groups in total. The van der Waals surface area contributed by atoms with Gasteiger partial charge in [-0.2, -0.15) is 0 Å². The Morgan fingerprint density at radius 2 is 1.95 bits per heavy atom. The maximum Gasteiger partial charge on any atom is 0.119 e. The normalized spacial score (nSPS) is 11.9. The molecule has 0 amide bonds. The fourth-order valence-electron chi connectivity index (χ4n) is 2.00. The fraction of sp³-hybridized carbons (Fsp3) is 0.625. The molecule has 108 valence electrons. The zero-order valence-corrected chi connectivity index (χ0v) is 12.9. The van der Waals surface area contributed by atoms with Crippen molar-refractivity contribution in [3.8, 4) is 5.75 Å². The van der Waals surface area contributed by atoms with Crippen molar-refractivity contribution in [1.29, 1.82) is 0 Å². The molecule has 0 fully saturated rings. The average molecular weight is 264 g/mol. The molecule has 0 heterocycles. The van der Waals surface area contributed by atoms with E-state index in [0.29, 0.717) is 6.04 Å². The van der Waals surface area contributed by atoms with Crippen LogP contribution >= 0.6 is 0 Å². The van der Waals surface area contributed by atoms with E-state index in [2.05, 4.69) is 56.5 Å². The van der Waals surface area contributed by atoms with E-state index in [1.54, 1.807) is 7.11 Å². The molecule has 0 bridgehead atoms. The van der Waals surface area contributed by atoms with Gasteiger partial charge in [-0.15, -0.1) is 0 Å². The zero-order valence-electron chi connectivity index (χ0n) is 12.9. The molecule has 0 aliphatic heterocycles. The molecule has 1 rings (SSSR count). The van der Waals surface area contributed by atoms with E-state index in [1.807, 2.05) is 6.07 Å². The largest absolute Gasteiger partial charge is 0.497 e. The van der Waals surface area contributed by atoms with E-state index in [-0.39, 0.29) is 5.41 Å². The Bertz CT molecular complexity index is 375. The number of methoxy groups -OCH3 is 1. The lowest BCUT2D eigenvalue weighted by Gasteiger charge is -2.26.